The third kappa shape index (κ3) is 2.30. The molecule has 98 valence electrons. The molecule has 0 aliphatic carbocycles. The van der Waals surface area contributed by atoms with Gasteiger partial charge in [-0.2, -0.15) is 0 Å². The first-order valence-corrected chi connectivity index (χ1v) is 6.70. The molecule has 4 heteroatoms. The van der Waals surface area contributed by atoms with E-state index in [1.54, 1.807) is 0 Å². The van der Waals surface area contributed by atoms with Gasteiger partial charge in [-0.25, -0.2) is 0 Å². The van der Waals surface area contributed by atoms with Gasteiger partial charge in [-0.1, -0.05) is 24.3 Å². The van der Waals surface area contributed by atoms with Crippen LogP contribution in [0.15, 0.2) is 29.3 Å². The van der Waals surface area contributed by atoms with E-state index in [2.05, 4.69) is 17.1 Å². The van der Waals surface area contributed by atoms with Crippen molar-refractivity contribution in [3.8, 4) is 0 Å². The molecule has 1 saturated heterocycles. The zero-order valence-electron chi connectivity index (χ0n) is 10.8. The molecule has 1 aromatic carbocycles. The van der Waals surface area contributed by atoms with Crippen LogP contribution in [0.1, 0.15) is 30.4 Å². The number of nitrogens with zero attached hydrogens (tertiary/aromatic N) is 2. The summed E-state index contributed by atoms with van der Waals surface area (Å²) in [6, 6.07) is 8.23. The average Bonchev–Trinajstić information content (AvgIpc) is 2.76. The molecule has 4 nitrogen and oxygen atoms in total. The highest BCUT2D eigenvalue weighted by atomic mass is 16.2. The monoisotopic (exact) mass is 256 g/mol. The van der Waals surface area contributed by atoms with Gasteiger partial charge in [-0.05, 0) is 17.5 Å². The van der Waals surface area contributed by atoms with Crippen molar-refractivity contribution in [3.63, 3.8) is 0 Å². The van der Waals surface area contributed by atoms with Crippen molar-refractivity contribution in [1.82, 2.24) is 4.90 Å². The van der Waals surface area contributed by atoms with Gasteiger partial charge in [0.2, 0.25) is 11.8 Å². The molecule has 2 heterocycles. The van der Waals surface area contributed by atoms with Gasteiger partial charge >= 0.3 is 0 Å². The van der Waals surface area contributed by atoms with Gasteiger partial charge in [0.05, 0.1) is 0 Å². The standard InChI is InChI=1S/C15H16N2O2/c18-14-5-6-15(19)17(14)10-8-13-12-4-2-1-3-11(12)7-9-16-13/h1-4H,5-10H2. The molecular weight excluding hydrogens is 240 g/mol. The summed E-state index contributed by atoms with van der Waals surface area (Å²) >= 11 is 0. The number of likely N-dealkylation sites (tertiary alicyclic amines) is 1. The summed E-state index contributed by atoms with van der Waals surface area (Å²) in [6.07, 6.45) is 2.36. The molecule has 2 aliphatic heterocycles. The summed E-state index contributed by atoms with van der Waals surface area (Å²) < 4.78 is 0. The maximum absolute atomic E-state index is 11.6. The number of carbonyl (C=O) groups excluding carboxylic acids is 2. The van der Waals surface area contributed by atoms with Gasteiger partial charge in [0.1, 0.15) is 0 Å². The minimum absolute atomic E-state index is 0.0466. The Bertz CT molecular complexity index is 547. The van der Waals surface area contributed by atoms with Crippen molar-refractivity contribution in [3.05, 3.63) is 35.4 Å². The van der Waals surface area contributed by atoms with Crippen molar-refractivity contribution in [2.75, 3.05) is 13.1 Å². The van der Waals surface area contributed by atoms with Crippen molar-refractivity contribution in [2.24, 2.45) is 4.99 Å². The Morgan fingerprint density at radius 3 is 2.58 bits per heavy atom. The van der Waals surface area contributed by atoms with Gasteiger partial charge < -0.3 is 0 Å². The van der Waals surface area contributed by atoms with Crippen LogP contribution < -0.4 is 0 Å². The highest BCUT2D eigenvalue weighted by molar-refractivity contribution is 6.05. The SMILES string of the molecule is O=C1CCC(=O)N1CCC1=NCCc2ccccc21. The molecule has 1 fully saturated rings. The Balaban J connectivity index is 1.72. The molecule has 0 aromatic heterocycles. The Labute approximate surface area is 112 Å². The average molecular weight is 256 g/mol. The summed E-state index contributed by atoms with van der Waals surface area (Å²) in [4.78, 5) is 29.1. The minimum atomic E-state index is -0.0466. The Morgan fingerprint density at radius 1 is 1.05 bits per heavy atom. The third-order valence-electron chi connectivity index (χ3n) is 3.74. The van der Waals surface area contributed by atoms with Crippen LogP contribution in [0.4, 0.5) is 0 Å². The van der Waals surface area contributed by atoms with Crippen molar-refractivity contribution < 1.29 is 9.59 Å². The number of hydrogen-bond donors (Lipinski definition) is 0. The topological polar surface area (TPSA) is 49.7 Å². The fraction of sp³-hybridized carbons (Fsp3) is 0.400. The molecule has 1 aromatic rings. The van der Waals surface area contributed by atoms with Crippen LogP contribution in [0.3, 0.4) is 0 Å². The molecule has 0 radical (unpaired) electrons. The number of fused-ring (bicyclic) bond motifs is 1. The number of benzene rings is 1. The van der Waals surface area contributed by atoms with E-state index in [1.165, 1.54) is 16.0 Å². The van der Waals surface area contributed by atoms with Crippen LogP contribution in [0, 0.1) is 0 Å². The zero-order valence-corrected chi connectivity index (χ0v) is 10.8. The second kappa shape index (κ2) is 4.96. The van der Waals surface area contributed by atoms with Crippen LogP contribution in [-0.2, 0) is 16.0 Å². The summed E-state index contributed by atoms with van der Waals surface area (Å²) in [5, 5.41) is 0. The van der Waals surface area contributed by atoms with E-state index in [4.69, 9.17) is 0 Å². The Morgan fingerprint density at radius 2 is 1.79 bits per heavy atom. The lowest BCUT2D eigenvalue weighted by Gasteiger charge is -2.19. The van der Waals surface area contributed by atoms with E-state index in [9.17, 15) is 9.59 Å². The summed E-state index contributed by atoms with van der Waals surface area (Å²) in [5.74, 6) is -0.0932. The first-order chi connectivity index (χ1) is 9.25. The molecule has 19 heavy (non-hydrogen) atoms. The lowest BCUT2D eigenvalue weighted by atomic mass is 9.96. The van der Waals surface area contributed by atoms with Gasteiger partial charge in [0.25, 0.3) is 0 Å². The first-order valence-electron chi connectivity index (χ1n) is 6.70. The number of rotatable bonds is 3. The third-order valence-corrected chi connectivity index (χ3v) is 3.74. The molecule has 0 saturated carbocycles. The second-order valence-electron chi connectivity index (χ2n) is 4.92. The normalized spacial score (nSPS) is 18.5. The fourth-order valence-corrected chi connectivity index (χ4v) is 2.72. The van der Waals surface area contributed by atoms with Crippen LogP contribution in [0.5, 0.6) is 0 Å². The summed E-state index contributed by atoms with van der Waals surface area (Å²) in [5.41, 5.74) is 3.51. The molecule has 0 spiro atoms. The second-order valence-corrected chi connectivity index (χ2v) is 4.92. The molecule has 0 unspecified atom stereocenters. The van der Waals surface area contributed by atoms with Crippen LogP contribution in [0.25, 0.3) is 0 Å². The van der Waals surface area contributed by atoms with Gasteiger partial charge in [-0.15, -0.1) is 0 Å². The minimum Gasteiger partial charge on any atom is -0.289 e. The number of imide groups is 1. The van der Waals surface area contributed by atoms with Crippen molar-refractivity contribution in [1.29, 1.82) is 0 Å². The van der Waals surface area contributed by atoms with Crippen molar-refractivity contribution in [2.45, 2.75) is 25.7 Å². The van der Waals surface area contributed by atoms with E-state index in [0.717, 1.165) is 18.7 Å². The molecule has 3 rings (SSSR count). The van der Waals surface area contributed by atoms with E-state index >= 15 is 0 Å². The highest BCUT2D eigenvalue weighted by Gasteiger charge is 2.28. The number of aliphatic imine (C=N–C) groups is 1. The molecule has 0 bridgehead atoms. The molecular formula is C15H16N2O2. The highest BCUT2D eigenvalue weighted by Crippen LogP contribution is 2.19. The quantitative estimate of drug-likeness (QED) is 0.771. The van der Waals surface area contributed by atoms with Crippen LogP contribution in [-0.4, -0.2) is 35.5 Å². The largest absolute Gasteiger partial charge is 0.289 e. The van der Waals surface area contributed by atoms with Crippen LogP contribution >= 0.6 is 0 Å². The summed E-state index contributed by atoms with van der Waals surface area (Å²) in [6.45, 7) is 1.26. The first kappa shape index (κ1) is 12.1. The van der Waals surface area contributed by atoms with E-state index < -0.39 is 0 Å². The summed E-state index contributed by atoms with van der Waals surface area (Å²) in [7, 11) is 0. The number of carbonyl (C=O) groups is 2. The molecule has 0 atom stereocenters. The van der Waals surface area contributed by atoms with E-state index in [0.29, 0.717) is 25.8 Å². The lowest BCUT2D eigenvalue weighted by molar-refractivity contribution is -0.138. The van der Waals surface area contributed by atoms with Gasteiger partial charge in [-0.3, -0.25) is 19.5 Å². The zero-order chi connectivity index (χ0) is 13.2. The fourth-order valence-electron chi connectivity index (χ4n) is 2.72. The van der Waals surface area contributed by atoms with Crippen molar-refractivity contribution >= 4 is 17.5 Å². The molecule has 2 amide bonds. The molecule has 0 N–H and O–H groups in total. The maximum atomic E-state index is 11.6. The Kier molecular flexibility index (Phi) is 3.15. The van der Waals surface area contributed by atoms with Gasteiger partial charge in [0, 0.05) is 38.1 Å². The predicted molar refractivity (Wildman–Crippen MR) is 72.1 cm³/mol. The molecule has 2 aliphatic rings. The lowest BCUT2D eigenvalue weighted by Crippen LogP contribution is -2.31. The van der Waals surface area contributed by atoms with E-state index in [-0.39, 0.29) is 11.8 Å². The smallest absolute Gasteiger partial charge is 0.229 e. The maximum Gasteiger partial charge on any atom is 0.229 e. The van der Waals surface area contributed by atoms with E-state index in [1.807, 2.05) is 12.1 Å². The van der Waals surface area contributed by atoms with Gasteiger partial charge in [0.15, 0.2) is 0 Å². The number of amides is 2. The Hall–Kier alpha value is -1.97. The number of hydrogen-bond acceptors (Lipinski definition) is 3. The van der Waals surface area contributed by atoms with Crippen LogP contribution in [0.2, 0.25) is 0 Å². The predicted octanol–water partition coefficient (Wildman–Crippen LogP) is 1.57.